The van der Waals surface area contributed by atoms with Crippen molar-refractivity contribution in [3.63, 3.8) is 0 Å². The first-order chi connectivity index (χ1) is 14.1. The van der Waals surface area contributed by atoms with Gasteiger partial charge in [-0.2, -0.15) is 0 Å². The Balaban J connectivity index is 1.28. The normalized spacial score (nSPS) is 18.3. The van der Waals surface area contributed by atoms with Gasteiger partial charge in [0.1, 0.15) is 6.04 Å². The molecule has 4 rings (SSSR count). The molecule has 0 aromatic heterocycles. The van der Waals surface area contributed by atoms with E-state index < -0.39 is 6.04 Å². The van der Waals surface area contributed by atoms with E-state index in [0.717, 1.165) is 30.8 Å². The van der Waals surface area contributed by atoms with Crippen LogP contribution in [0, 0.1) is 0 Å². The summed E-state index contributed by atoms with van der Waals surface area (Å²) in [7, 11) is 0. The fourth-order valence-corrected chi connectivity index (χ4v) is 4.04. The van der Waals surface area contributed by atoms with E-state index in [-0.39, 0.29) is 11.8 Å². The number of benzene rings is 2. The number of amides is 2. The predicted octanol–water partition coefficient (Wildman–Crippen LogP) is 2.89. The van der Waals surface area contributed by atoms with Crippen LogP contribution in [0.1, 0.15) is 28.4 Å². The minimum Gasteiger partial charge on any atom is -0.338 e. The summed E-state index contributed by atoms with van der Waals surface area (Å²) in [6.45, 7) is 6.37. The second-order valence-corrected chi connectivity index (χ2v) is 7.71. The number of hydrogen-bond donors (Lipinski definition) is 0. The number of piperazine rings is 1. The van der Waals surface area contributed by atoms with Crippen LogP contribution in [0.4, 0.5) is 0 Å². The molecule has 150 valence electrons. The van der Waals surface area contributed by atoms with Crippen molar-refractivity contribution in [1.82, 2.24) is 14.7 Å². The molecule has 1 atom stereocenters. The Kier molecular flexibility index (Phi) is 5.76. The maximum atomic E-state index is 13.0. The first kappa shape index (κ1) is 19.4. The third-order valence-corrected chi connectivity index (χ3v) is 5.83. The highest BCUT2D eigenvalue weighted by Gasteiger charge is 2.35. The van der Waals surface area contributed by atoms with Gasteiger partial charge in [0.15, 0.2) is 0 Å². The molecule has 1 fully saturated rings. The molecular formula is C24H27N3O2. The molecule has 0 radical (unpaired) electrons. The van der Waals surface area contributed by atoms with Gasteiger partial charge in [-0.1, -0.05) is 60.7 Å². The van der Waals surface area contributed by atoms with Crippen LogP contribution >= 0.6 is 0 Å². The Hall–Kier alpha value is -2.92. The maximum Gasteiger partial charge on any atom is 0.255 e. The second kappa shape index (κ2) is 8.62. The van der Waals surface area contributed by atoms with Gasteiger partial charge in [0.25, 0.3) is 5.91 Å². The molecule has 0 bridgehead atoms. The Bertz CT molecular complexity index is 901. The zero-order valence-electron chi connectivity index (χ0n) is 16.8. The molecule has 0 N–H and O–H groups in total. The zero-order valence-corrected chi connectivity index (χ0v) is 16.8. The molecule has 2 aromatic rings. The molecular weight excluding hydrogens is 362 g/mol. The van der Waals surface area contributed by atoms with E-state index in [0.29, 0.717) is 19.6 Å². The van der Waals surface area contributed by atoms with Gasteiger partial charge in [-0.25, -0.2) is 0 Å². The van der Waals surface area contributed by atoms with Gasteiger partial charge in [0.2, 0.25) is 5.91 Å². The highest BCUT2D eigenvalue weighted by Crippen LogP contribution is 2.25. The predicted molar refractivity (Wildman–Crippen MR) is 114 cm³/mol. The fourth-order valence-electron chi connectivity index (χ4n) is 4.04. The molecule has 5 heteroatoms. The molecule has 1 saturated heterocycles. The van der Waals surface area contributed by atoms with Gasteiger partial charge in [0, 0.05) is 44.8 Å². The van der Waals surface area contributed by atoms with Gasteiger partial charge >= 0.3 is 0 Å². The summed E-state index contributed by atoms with van der Waals surface area (Å²) in [5.74, 6) is 0.0109. The van der Waals surface area contributed by atoms with Crippen LogP contribution in [0.3, 0.4) is 0 Å². The number of carbonyl (C=O) groups excluding carboxylic acids is 2. The fraction of sp³-hybridized carbons (Fsp3) is 0.333. The molecule has 29 heavy (non-hydrogen) atoms. The summed E-state index contributed by atoms with van der Waals surface area (Å²) >= 11 is 0. The van der Waals surface area contributed by atoms with E-state index in [1.165, 1.54) is 5.56 Å². The Labute approximate surface area is 172 Å². The summed E-state index contributed by atoms with van der Waals surface area (Å²) in [5.41, 5.74) is 2.93. The smallest absolute Gasteiger partial charge is 0.255 e. The molecule has 2 aromatic carbocycles. The quantitative estimate of drug-likeness (QED) is 0.790. The van der Waals surface area contributed by atoms with E-state index in [2.05, 4.69) is 29.2 Å². The lowest BCUT2D eigenvalue weighted by molar-refractivity contribution is -0.137. The topological polar surface area (TPSA) is 43.9 Å². The Morgan fingerprint density at radius 3 is 2.41 bits per heavy atom. The van der Waals surface area contributed by atoms with Gasteiger partial charge in [0.05, 0.1) is 0 Å². The van der Waals surface area contributed by atoms with Crippen molar-refractivity contribution in [3.8, 4) is 0 Å². The van der Waals surface area contributed by atoms with E-state index in [4.69, 9.17) is 0 Å². The van der Waals surface area contributed by atoms with Crippen molar-refractivity contribution < 1.29 is 9.59 Å². The monoisotopic (exact) mass is 389 g/mol. The number of fused-ring (bicyclic) bond motifs is 1. The number of rotatable bonds is 5. The van der Waals surface area contributed by atoms with Crippen LogP contribution in [0.15, 0.2) is 60.7 Å². The lowest BCUT2D eigenvalue weighted by atomic mass is 10.1. The SMILES string of the molecule is C[C@@H](C(=O)N1CCN(CC=Cc2ccccc2)CC1)N1Cc2ccccc2C1=O. The summed E-state index contributed by atoms with van der Waals surface area (Å²) in [6.07, 6.45) is 4.31. The van der Waals surface area contributed by atoms with Gasteiger partial charge in [-0.05, 0) is 24.1 Å². The van der Waals surface area contributed by atoms with Crippen LogP contribution in [-0.4, -0.2) is 65.3 Å². The minimum atomic E-state index is -0.431. The molecule has 2 aliphatic rings. The van der Waals surface area contributed by atoms with Gasteiger partial charge in [-0.15, -0.1) is 0 Å². The van der Waals surface area contributed by atoms with Crippen molar-refractivity contribution in [3.05, 3.63) is 77.4 Å². The van der Waals surface area contributed by atoms with Crippen molar-refractivity contribution >= 4 is 17.9 Å². The third-order valence-electron chi connectivity index (χ3n) is 5.83. The van der Waals surface area contributed by atoms with E-state index in [1.807, 2.05) is 54.3 Å². The van der Waals surface area contributed by atoms with Crippen molar-refractivity contribution in [2.24, 2.45) is 0 Å². The largest absolute Gasteiger partial charge is 0.338 e. The average molecular weight is 389 g/mol. The van der Waals surface area contributed by atoms with Crippen LogP contribution in [0.25, 0.3) is 6.08 Å². The Morgan fingerprint density at radius 1 is 1.00 bits per heavy atom. The minimum absolute atomic E-state index is 0.0360. The van der Waals surface area contributed by atoms with Crippen LogP contribution in [0.2, 0.25) is 0 Å². The maximum absolute atomic E-state index is 13.0. The van der Waals surface area contributed by atoms with E-state index in [9.17, 15) is 9.59 Å². The Morgan fingerprint density at radius 2 is 1.69 bits per heavy atom. The molecule has 2 aliphatic heterocycles. The second-order valence-electron chi connectivity index (χ2n) is 7.71. The van der Waals surface area contributed by atoms with E-state index >= 15 is 0 Å². The van der Waals surface area contributed by atoms with Crippen LogP contribution in [-0.2, 0) is 11.3 Å². The zero-order chi connectivity index (χ0) is 20.2. The summed E-state index contributed by atoms with van der Waals surface area (Å²) in [6, 6.07) is 17.5. The summed E-state index contributed by atoms with van der Waals surface area (Å²) < 4.78 is 0. The van der Waals surface area contributed by atoms with Crippen LogP contribution in [0.5, 0.6) is 0 Å². The number of hydrogen-bond acceptors (Lipinski definition) is 3. The van der Waals surface area contributed by atoms with E-state index in [1.54, 1.807) is 4.90 Å². The van der Waals surface area contributed by atoms with Crippen LogP contribution < -0.4 is 0 Å². The third kappa shape index (κ3) is 4.25. The number of nitrogens with zero attached hydrogens (tertiary/aromatic N) is 3. The lowest BCUT2D eigenvalue weighted by Gasteiger charge is -2.37. The summed E-state index contributed by atoms with van der Waals surface area (Å²) in [4.78, 5) is 31.6. The molecule has 2 amide bonds. The average Bonchev–Trinajstić information content (AvgIpc) is 3.11. The summed E-state index contributed by atoms with van der Waals surface area (Å²) in [5, 5.41) is 0. The molecule has 2 heterocycles. The molecule has 0 unspecified atom stereocenters. The number of carbonyl (C=O) groups is 2. The standard InChI is InChI=1S/C24H27N3O2/c1-19(27-18-21-11-5-6-12-22(21)24(27)29)23(28)26-16-14-25(15-17-26)13-7-10-20-8-3-2-4-9-20/h2-12,19H,13-18H2,1H3/t19-/m0/s1. The molecule has 0 saturated carbocycles. The van der Waals surface area contributed by atoms with Gasteiger partial charge < -0.3 is 9.80 Å². The highest BCUT2D eigenvalue weighted by atomic mass is 16.2. The molecule has 0 spiro atoms. The molecule has 5 nitrogen and oxygen atoms in total. The lowest BCUT2D eigenvalue weighted by Crippen LogP contribution is -2.54. The first-order valence-corrected chi connectivity index (χ1v) is 10.2. The van der Waals surface area contributed by atoms with Gasteiger partial charge in [-0.3, -0.25) is 14.5 Å². The molecule has 0 aliphatic carbocycles. The van der Waals surface area contributed by atoms with Crippen molar-refractivity contribution in [2.75, 3.05) is 32.7 Å². The highest BCUT2D eigenvalue weighted by molar-refractivity contribution is 6.01. The van der Waals surface area contributed by atoms with Crippen molar-refractivity contribution in [1.29, 1.82) is 0 Å². The van der Waals surface area contributed by atoms with Crippen molar-refractivity contribution in [2.45, 2.75) is 19.5 Å². The first-order valence-electron chi connectivity index (χ1n) is 10.2.